The molecule has 1 saturated heterocycles. The Morgan fingerprint density at radius 1 is 1.11 bits per heavy atom. The molecule has 0 aromatic rings. The molecule has 1 aliphatic heterocycles. The minimum Gasteiger partial charge on any atom is -0.463 e. The highest BCUT2D eigenvalue weighted by Crippen LogP contribution is 2.23. The van der Waals surface area contributed by atoms with Crippen molar-refractivity contribution in [2.75, 3.05) is 6.61 Å². The van der Waals surface area contributed by atoms with Crippen LogP contribution in [0.5, 0.6) is 0 Å². The standard InChI is InChI=1S/C12H18O7/c1-7(13)16-6-10-4-5-11(17-8(2)14)12(19-10)18-9(3)15/h10-12H,4-6H2,1-3H3/i12D. The lowest BCUT2D eigenvalue weighted by atomic mass is 10.1. The number of carbonyl (C=O) groups excluding carboxylic acids is 3. The third-order valence-corrected chi connectivity index (χ3v) is 2.32. The molecule has 1 rings (SSSR count). The zero-order valence-electron chi connectivity index (χ0n) is 12.1. The van der Waals surface area contributed by atoms with Gasteiger partial charge in [0, 0.05) is 20.8 Å². The van der Waals surface area contributed by atoms with Gasteiger partial charge in [0.15, 0.2) is 6.10 Å². The minimum atomic E-state index is -2.12. The molecule has 0 aromatic carbocycles. The molecule has 0 spiro atoms. The Labute approximate surface area is 112 Å². The molecule has 1 heterocycles. The van der Waals surface area contributed by atoms with Crippen LogP contribution in [-0.4, -0.2) is 43.0 Å². The second-order valence-corrected chi connectivity index (χ2v) is 4.13. The van der Waals surface area contributed by atoms with Crippen LogP contribution in [0.25, 0.3) is 0 Å². The predicted octanol–water partition coefficient (Wildman–Crippen LogP) is 0.549. The lowest BCUT2D eigenvalue weighted by Crippen LogP contribution is -2.45. The molecule has 0 aliphatic carbocycles. The monoisotopic (exact) mass is 275 g/mol. The molecule has 3 unspecified atom stereocenters. The summed E-state index contributed by atoms with van der Waals surface area (Å²) in [6, 6.07) is 0. The minimum absolute atomic E-state index is 0.0516. The molecular weight excluding hydrogens is 256 g/mol. The Hall–Kier alpha value is -1.63. The molecule has 0 N–H and O–H groups in total. The van der Waals surface area contributed by atoms with Crippen molar-refractivity contribution in [2.45, 2.75) is 52.1 Å². The lowest BCUT2D eigenvalue weighted by molar-refractivity contribution is -0.246. The summed E-state index contributed by atoms with van der Waals surface area (Å²) in [4.78, 5) is 32.8. The number of ether oxygens (including phenoxy) is 4. The molecule has 19 heavy (non-hydrogen) atoms. The van der Waals surface area contributed by atoms with Crippen LogP contribution in [0.4, 0.5) is 0 Å². The quantitative estimate of drug-likeness (QED) is 0.546. The topological polar surface area (TPSA) is 88.1 Å². The summed E-state index contributed by atoms with van der Waals surface area (Å²) >= 11 is 0. The van der Waals surface area contributed by atoms with Gasteiger partial charge in [-0.1, -0.05) is 0 Å². The van der Waals surface area contributed by atoms with E-state index in [0.717, 1.165) is 6.92 Å². The summed E-state index contributed by atoms with van der Waals surface area (Å²) in [5.74, 6) is -1.80. The van der Waals surface area contributed by atoms with Crippen molar-refractivity contribution in [1.29, 1.82) is 0 Å². The normalized spacial score (nSPS) is 31.0. The highest BCUT2D eigenvalue weighted by Gasteiger charge is 2.36. The summed E-state index contributed by atoms with van der Waals surface area (Å²) in [6.07, 6.45) is -3.06. The zero-order valence-corrected chi connectivity index (χ0v) is 11.1. The van der Waals surface area contributed by atoms with Crippen molar-refractivity contribution >= 4 is 17.9 Å². The van der Waals surface area contributed by atoms with Gasteiger partial charge in [0.25, 0.3) is 0 Å². The second kappa shape index (κ2) is 7.08. The molecule has 108 valence electrons. The van der Waals surface area contributed by atoms with Gasteiger partial charge in [-0.05, 0) is 12.8 Å². The summed E-state index contributed by atoms with van der Waals surface area (Å²) in [7, 11) is 0. The first kappa shape index (κ1) is 13.8. The van der Waals surface area contributed by atoms with E-state index in [1.165, 1.54) is 13.8 Å². The van der Waals surface area contributed by atoms with E-state index in [2.05, 4.69) is 0 Å². The number of rotatable bonds is 4. The number of hydrogen-bond acceptors (Lipinski definition) is 7. The SMILES string of the molecule is [2H]C1(OC(C)=O)OC(COC(C)=O)CCC1OC(C)=O. The van der Waals surface area contributed by atoms with Gasteiger partial charge >= 0.3 is 17.9 Å². The van der Waals surface area contributed by atoms with Crippen LogP contribution < -0.4 is 0 Å². The third-order valence-electron chi connectivity index (χ3n) is 2.32. The molecule has 0 aromatic heterocycles. The Balaban J connectivity index is 2.74. The van der Waals surface area contributed by atoms with Crippen molar-refractivity contribution in [2.24, 2.45) is 0 Å². The fourth-order valence-corrected chi connectivity index (χ4v) is 1.62. The van der Waals surface area contributed by atoms with E-state index in [0.29, 0.717) is 6.42 Å². The van der Waals surface area contributed by atoms with Crippen molar-refractivity contribution in [3.8, 4) is 0 Å². The maximum Gasteiger partial charge on any atom is 0.305 e. The van der Waals surface area contributed by atoms with E-state index in [9.17, 15) is 14.4 Å². The smallest absolute Gasteiger partial charge is 0.305 e. The van der Waals surface area contributed by atoms with E-state index in [1.807, 2.05) is 0 Å². The first-order chi connectivity index (χ1) is 9.23. The van der Waals surface area contributed by atoms with E-state index in [-0.39, 0.29) is 13.0 Å². The lowest BCUT2D eigenvalue weighted by Gasteiger charge is -2.34. The molecule has 3 atom stereocenters. The Bertz CT molecular complexity index is 397. The summed E-state index contributed by atoms with van der Waals surface area (Å²) in [6.45, 7) is 3.52. The molecule has 0 amide bonds. The van der Waals surface area contributed by atoms with Crippen molar-refractivity contribution in [3.63, 3.8) is 0 Å². The maximum atomic E-state index is 11.1. The average molecular weight is 275 g/mol. The Kier molecular flexibility index (Phi) is 5.14. The Morgan fingerprint density at radius 2 is 1.74 bits per heavy atom. The maximum absolute atomic E-state index is 11.1. The van der Waals surface area contributed by atoms with Crippen LogP contribution in [0, 0.1) is 0 Å². The highest BCUT2D eigenvalue weighted by atomic mass is 16.7. The highest BCUT2D eigenvalue weighted by molar-refractivity contribution is 5.67. The van der Waals surface area contributed by atoms with E-state index in [1.54, 1.807) is 0 Å². The van der Waals surface area contributed by atoms with Crippen molar-refractivity contribution in [1.82, 2.24) is 0 Å². The number of esters is 3. The van der Waals surface area contributed by atoms with Crippen molar-refractivity contribution in [3.05, 3.63) is 0 Å². The molecule has 1 fully saturated rings. The largest absolute Gasteiger partial charge is 0.463 e. The second-order valence-electron chi connectivity index (χ2n) is 4.13. The van der Waals surface area contributed by atoms with Gasteiger partial charge < -0.3 is 18.9 Å². The molecule has 0 bridgehead atoms. The van der Waals surface area contributed by atoms with Gasteiger partial charge in [-0.15, -0.1) is 0 Å². The van der Waals surface area contributed by atoms with Crippen LogP contribution in [-0.2, 0) is 33.3 Å². The number of carbonyl (C=O) groups is 3. The fraction of sp³-hybridized carbons (Fsp3) is 0.750. The van der Waals surface area contributed by atoms with E-state index >= 15 is 0 Å². The van der Waals surface area contributed by atoms with Gasteiger partial charge in [-0.3, -0.25) is 14.4 Å². The molecule has 0 radical (unpaired) electrons. The predicted molar refractivity (Wildman–Crippen MR) is 61.8 cm³/mol. The van der Waals surface area contributed by atoms with Crippen LogP contribution in [0.15, 0.2) is 0 Å². The summed E-state index contributed by atoms with van der Waals surface area (Å²) in [5.41, 5.74) is 0. The molecule has 7 heteroatoms. The van der Waals surface area contributed by atoms with Crippen molar-refractivity contribution < 1.29 is 34.7 Å². The molecule has 1 aliphatic rings. The Morgan fingerprint density at radius 3 is 2.26 bits per heavy atom. The van der Waals surface area contributed by atoms with Crippen LogP contribution in [0.2, 0.25) is 0 Å². The van der Waals surface area contributed by atoms with E-state index in [4.69, 9.17) is 20.3 Å². The number of hydrogen-bond donors (Lipinski definition) is 0. The first-order valence-corrected chi connectivity index (χ1v) is 5.91. The third kappa shape index (κ3) is 5.69. The molecular formula is C12H18O7. The summed E-state index contributed by atoms with van der Waals surface area (Å²) in [5, 5.41) is 0. The first-order valence-electron chi connectivity index (χ1n) is 6.41. The van der Waals surface area contributed by atoms with E-state index < -0.39 is 36.4 Å². The fourth-order valence-electron chi connectivity index (χ4n) is 1.62. The molecule has 0 saturated carbocycles. The zero-order chi connectivity index (χ0) is 15.3. The van der Waals surface area contributed by atoms with Gasteiger partial charge in [0.1, 0.15) is 7.98 Å². The van der Waals surface area contributed by atoms with Gasteiger partial charge in [-0.25, -0.2) is 0 Å². The van der Waals surface area contributed by atoms with Crippen LogP contribution in [0.1, 0.15) is 35.0 Å². The molecule has 7 nitrogen and oxygen atoms in total. The van der Waals surface area contributed by atoms with Crippen LogP contribution >= 0.6 is 0 Å². The van der Waals surface area contributed by atoms with Crippen LogP contribution in [0.3, 0.4) is 0 Å². The average Bonchev–Trinajstić information content (AvgIpc) is 2.28. The van der Waals surface area contributed by atoms with Gasteiger partial charge in [0.05, 0.1) is 6.10 Å². The van der Waals surface area contributed by atoms with Gasteiger partial charge in [0.2, 0.25) is 6.27 Å². The van der Waals surface area contributed by atoms with Gasteiger partial charge in [-0.2, -0.15) is 0 Å². The summed E-state index contributed by atoms with van der Waals surface area (Å²) < 4.78 is 27.9.